The molecule has 8 nitrogen and oxygen atoms in total. The number of anilines is 1. The van der Waals surface area contributed by atoms with Crippen LogP contribution >= 0.6 is 0 Å². The van der Waals surface area contributed by atoms with E-state index in [1.165, 1.54) is 6.33 Å². The second-order valence-corrected chi connectivity index (χ2v) is 7.70. The number of nitrogens with two attached hydrogens (primary N) is 1. The Hall–Kier alpha value is -4.33. The zero-order chi connectivity index (χ0) is 22.4. The fourth-order valence-electron chi connectivity index (χ4n) is 4.07. The van der Waals surface area contributed by atoms with Crippen molar-refractivity contribution in [3.8, 4) is 5.69 Å². The quantitative estimate of drug-likeness (QED) is 0.511. The van der Waals surface area contributed by atoms with E-state index in [1.807, 2.05) is 68.4 Å². The van der Waals surface area contributed by atoms with Crippen molar-refractivity contribution >= 4 is 34.0 Å². The fourth-order valence-corrected chi connectivity index (χ4v) is 4.07. The van der Waals surface area contributed by atoms with E-state index in [2.05, 4.69) is 20.3 Å². The Labute approximate surface area is 183 Å². The molecule has 1 unspecified atom stereocenters. The number of benzene rings is 2. The van der Waals surface area contributed by atoms with Crippen molar-refractivity contribution in [1.82, 2.24) is 14.5 Å². The highest BCUT2D eigenvalue weighted by molar-refractivity contribution is 6.50. The lowest BCUT2D eigenvalue weighted by Crippen LogP contribution is -2.31. The summed E-state index contributed by atoms with van der Waals surface area (Å²) < 4.78 is 1.71. The zero-order valence-corrected chi connectivity index (χ0v) is 17.5. The van der Waals surface area contributed by atoms with Crippen molar-refractivity contribution in [2.45, 2.75) is 19.9 Å². The maximum absolute atomic E-state index is 13.6. The molecule has 1 atom stereocenters. The maximum Gasteiger partial charge on any atom is 0.268 e. The number of fused-ring (bicyclic) bond motifs is 2. The average molecular weight is 424 g/mol. The first kappa shape index (κ1) is 19.6. The Balaban J connectivity index is 1.66. The van der Waals surface area contributed by atoms with E-state index in [4.69, 9.17) is 5.73 Å². The highest BCUT2D eigenvalue weighted by Gasteiger charge is 2.30. The van der Waals surface area contributed by atoms with Crippen molar-refractivity contribution in [3.63, 3.8) is 0 Å². The number of nitrogens with one attached hydrogen (secondary N) is 1. The van der Waals surface area contributed by atoms with Crippen LogP contribution in [0.1, 0.15) is 29.8 Å². The predicted octanol–water partition coefficient (Wildman–Crippen LogP) is 3.18. The van der Waals surface area contributed by atoms with Crippen molar-refractivity contribution in [3.05, 3.63) is 88.1 Å². The van der Waals surface area contributed by atoms with Gasteiger partial charge in [0.05, 0.1) is 17.0 Å². The molecule has 8 heteroatoms. The van der Waals surface area contributed by atoms with Crippen LogP contribution in [0.2, 0.25) is 0 Å². The minimum absolute atomic E-state index is 0.0921. The van der Waals surface area contributed by atoms with Crippen LogP contribution in [0, 0.1) is 6.92 Å². The van der Waals surface area contributed by atoms with E-state index in [0.29, 0.717) is 22.6 Å². The van der Waals surface area contributed by atoms with Gasteiger partial charge in [-0.25, -0.2) is 15.0 Å². The molecule has 3 heterocycles. The van der Waals surface area contributed by atoms with Crippen LogP contribution in [0.15, 0.2) is 70.7 Å². The van der Waals surface area contributed by atoms with Gasteiger partial charge in [-0.05, 0) is 43.0 Å². The molecule has 1 aliphatic rings. The molecule has 32 heavy (non-hydrogen) atoms. The number of hydrogen-bond acceptors (Lipinski definition) is 6. The Kier molecular flexibility index (Phi) is 4.55. The largest absolute Gasteiger partial charge is 0.364 e. The Morgan fingerprint density at radius 1 is 1.09 bits per heavy atom. The van der Waals surface area contributed by atoms with Gasteiger partial charge in [-0.1, -0.05) is 36.4 Å². The number of nitrogens with zero attached hydrogens (tertiary/aromatic N) is 4. The monoisotopic (exact) mass is 424 g/mol. The second-order valence-electron chi connectivity index (χ2n) is 7.70. The first-order valence-corrected chi connectivity index (χ1v) is 10.2. The molecule has 2 aromatic carbocycles. The highest BCUT2D eigenvalue weighted by Crippen LogP contribution is 2.34. The summed E-state index contributed by atoms with van der Waals surface area (Å²) in [7, 11) is 0. The van der Waals surface area contributed by atoms with Crippen LogP contribution in [0.3, 0.4) is 0 Å². The van der Waals surface area contributed by atoms with Crippen LogP contribution in [0.4, 0.5) is 11.6 Å². The van der Waals surface area contributed by atoms with Crippen molar-refractivity contribution in [1.29, 1.82) is 0 Å². The van der Waals surface area contributed by atoms with Gasteiger partial charge in [0.15, 0.2) is 5.82 Å². The number of para-hydroxylation sites is 1. The van der Waals surface area contributed by atoms with Gasteiger partial charge in [0, 0.05) is 11.4 Å². The summed E-state index contributed by atoms with van der Waals surface area (Å²) in [6.45, 7) is 3.87. The molecule has 0 fully saturated rings. The molecule has 1 amide bonds. The van der Waals surface area contributed by atoms with Gasteiger partial charge in [0.1, 0.15) is 17.9 Å². The summed E-state index contributed by atoms with van der Waals surface area (Å²) in [6.07, 6.45) is 1.38. The van der Waals surface area contributed by atoms with Crippen LogP contribution in [0.25, 0.3) is 16.5 Å². The topological polar surface area (TPSA) is 115 Å². The molecule has 0 aliphatic carbocycles. The van der Waals surface area contributed by atoms with Gasteiger partial charge in [-0.2, -0.15) is 0 Å². The van der Waals surface area contributed by atoms with Gasteiger partial charge >= 0.3 is 0 Å². The third-order valence-electron chi connectivity index (χ3n) is 5.61. The minimum Gasteiger partial charge on any atom is -0.364 e. The average Bonchev–Trinajstić information content (AvgIpc) is 2.75. The molecule has 0 bridgehead atoms. The summed E-state index contributed by atoms with van der Waals surface area (Å²) in [5.74, 6) is 0.228. The molecular formula is C24H20N6O2. The maximum atomic E-state index is 13.6. The van der Waals surface area contributed by atoms with E-state index in [-0.39, 0.29) is 17.3 Å². The summed E-state index contributed by atoms with van der Waals surface area (Å²) in [4.78, 5) is 37.7. The first-order valence-electron chi connectivity index (χ1n) is 10.2. The van der Waals surface area contributed by atoms with Gasteiger partial charge in [-0.15, -0.1) is 0 Å². The van der Waals surface area contributed by atoms with Gasteiger partial charge in [0.2, 0.25) is 0 Å². The smallest absolute Gasteiger partial charge is 0.268 e. The molecule has 0 spiro atoms. The Morgan fingerprint density at radius 2 is 1.88 bits per heavy atom. The van der Waals surface area contributed by atoms with Crippen molar-refractivity contribution < 1.29 is 4.79 Å². The molecule has 2 aromatic heterocycles. The molecule has 1 aliphatic heterocycles. The van der Waals surface area contributed by atoms with E-state index in [9.17, 15) is 9.59 Å². The van der Waals surface area contributed by atoms with Crippen LogP contribution in [-0.4, -0.2) is 26.2 Å². The predicted molar refractivity (Wildman–Crippen MR) is 124 cm³/mol. The van der Waals surface area contributed by atoms with Crippen LogP contribution < -0.4 is 16.6 Å². The highest BCUT2D eigenvalue weighted by atomic mass is 16.1. The minimum atomic E-state index is -0.634. The van der Waals surface area contributed by atoms with E-state index in [0.717, 1.165) is 22.3 Å². The molecule has 0 saturated heterocycles. The molecular weight excluding hydrogens is 404 g/mol. The Morgan fingerprint density at radius 3 is 2.62 bits per heavy atom. The number of aliphatic imine (C=N–C) groups is 1. The fraction of sp³-hybridized carbons (Fsp3) is 0.125. The van der Waals surface area contributed by atoms with Crippen LogP contribution in [0.5, 0.6) is 0 Å². The lowest BCUT2D eigenvalue weighted by Gasteiger charge is -2.24. The lowest BCUT2D eigenvalue weighted by atomic mass is 10.0. The molecule has 4 aromatic rings. The van der Waals surface area contributed by atoms with Crippen LogP contribution in [-0.2, 0) is 4.79 Å². The standard InChI is InChI=1S/C24H20N6O2/c1-13-7-6-8-15-11-17(30(24(32)18(13)15)16-9-4-3-5-10-16)14(2)28-22-19-20(21(25)31)29-23(19)27-12-26-22/h3-12,14H,1-2H3,(H2,25,31)(H,26,27,28,29). The Bertz CT molecular complexity index is 1470. The SMILES string of the molecule is Cc1cccc2cc(C(C)Nc3ncnc4c3C(C(N)=O)=N4)n(-c3ccccc3)c(=O)c12. The summed E-state index contributed by atoms with van der Waals surface area (Å²) in [5.41, 5.74) is 8.41. The first-order chi connectivity index (χ1) is 15.5. The van der Waals surface area contributed by atoms with Crippen molar-refractivity contribution in [2.75, 3.05) is 5.32 Å². The number of aryl methyl sites for hydroxylation is 1. The number of rotatable bonds is 5. The number of aromatic nitrogens is 3. The molecule has 0 radical (unpaired) electrons. The number of carbonyl (C=O) groups excluding carboxylic acids is 1. The molecule has 5 rings (SSSR count). The molecule has 158 valence electrons. The number of pyridine rings is 1. The van der Waals surface area contributed by atoms with E-state index in [1.54, 1.807) is 4.57 Å². The molecule has 0 saturated carbocycles. The second kappa shape index (κ2) is 7.42. The normalized spacial score (nSPS) is 13.1. The summed E-state index contributed by atoms with van der Waals surface area (Å²) in [5, 5.41) is 4.86. The number of primary amides is 1. The lowest BCUT2D eigenvalue weighted by molar-refractivity contribution is -0.112. The summed E-state index contributed by atoms with van der Waals surface area (Å²) in [6, 6.07) is 17.0. The number of hydrogen-bond donors (Lipinski definition) is 2. The third-order valence-corrected chi connectivity index (χ3v) is 5.61. The molecule has 3 N–H and O–H groups in total. The zero-order valence-electron chi connectivity index (χ0n) is 17.5. The van der Waals surface area contributed by atoms with Gasteiger partial charge in [0.25, 0.3) is 11.5 Å². The number of carbonyl (C=O) groups is 1. The third kappa shape index (κ3) is 3.04. The van der Waals surface area contributed by atoms with Gasteiger partial charge in [-0.3, -0.25) is 14.2 Å². The van der Waals surface area contributed by atoms with E-state index < -0.39 is 5.91 Å². The number of amides is 1. The van der Waals surface area contributed by atoms with Crippen molar-refractivity contribution in [2.24, 2.45) is 10.7 Å². The van der Waals surface area contributed by atoms with Gasteiger partial charge < -0.3 is 11.1 Å². The summed E-state index contributed by atoms with van der Waals surface area (Å²) >= 11 is 0. The van der Waals surface area contributed by atoms with E-state index >= 15 is 0 Å².